The average molecular weight is 262 g/mol. The van der Waals surface area contributed by atoms with Gasteiger partial charge in [-0.15, -0.1) is 12.4 Å². The second kappa shape index (κ2) is 5.75. The van der Waals surface area contributed by atoms with Crippen LogP contribution in [0, 0.1) is 0 Å². The van der Waals surface area contributed by atoms with Crippen LogP contribution in [0.25, 0.3) is 0 Å². The SMILES string of the molecule is CN1CCN(C(=O)Cl)C(C(=O)Cl)C1.Cl. The summed E-state index contributed by atoms with van der Waals surface area (Å²) in [6.07, 6.45) is 0. The van der Waals surface area contributed by atoms with Gasteiger partial charge < -0.3 is 9.80 Å². The Morgan fingerprint density at radius 1 is 1.29 bits per heavy atom. The lowest BCUT2D eigenvalue weighted by Gasteiger charge is -2.36. The Hall–Kier alpha value is -0.0300. The summed E-state index contributed by atoms with van der Waals surface area (Å²) in [6.45, 7) is 1.60. The van der Waals surface area contributed by atoms with E-state index in [1.54, 1.807) is 0 Å². The predicted octanol–water partition coefficient (Wildman–Crippen LogP) is 1.15. The van der Waals surface area contributed by atoms with Gasteiger partial charge in [0.1, 0.15) is 6.04 Å². The standard InChI is InChI=1S/C7H10Cl2N2O2.ClH/c1-10-2-3-11(7(9)13)5(4-10)6(8)12;/h5H,2-4H2,1H3;1H. The van der Waals surface area contributed by atoms with E-state index in [-0.39, 0.29) is 12.4 Å². The highest BCUT2D eigenvalue weighted by molar-refractivity contribution is 6.66. The number of halogens is 3. The molecule has 0 saturated carbocycles. The first-order valence-corrected chi connectivity index (χ1v) is 4.62. The monoisotopic (exact) mass is 260 g/mol. The van der Waals surface area contributed by atoms with Crippen molar-refractivity contribution in [3.05, 3.63) is 0 Å². The summed E-state index contributed by atoms with van der Waals surface area (Å²) in [6, 6.07) is -0.606. The third kappa shape index (κ3) is 3.28. The fourth-order valence-corrected chi connectivity index (χ4v) is 1.71. The van der Waals surface area contributed by atoms with Gasteiger partial charge in [0.05, 0.1) is 0 Å². The summed E-state index contributed by atoms with van der Waals surface area (Å²) in [7, 11) is 1.86. The summed E-state index contributed by atoms with van der Waals surface area (Å²) in [5.41, 5.74) is 0. The number of amides is 1. The second-order valence-electron chi connectivity index (χ2n) is 3.03. The molecule has 0 aliphatic carbocycles. The van der Waals surface area contributed by atoms with Gasteiger partial charge in [0, 0.05) is 19.6 Å². The lowest BCUT2D eigenvalue weighted by Crippen LogP contribution is -2.55. The molecular formula is C7H11Cl3N2O2. The number of nitrogens with zero attached hydrogens (tertiary/aromatic N) is 2. The quantitative estimate of drug-likeness (QED) is 0.525. The molecular weight excluding hydrogens is 250 g/mol. The van der Waals surface area contributed by atoms with Crippen LogP contribution in [0.1, 0.15) is 0 Å². The van der Waals surface area contributed by atoms with E-state index in [1.165, 1.54) is 4.90 Å². The number of piperazine rings is 1. The average Bonchev–Trinajstić information content (AvgIpc) is 2.03. The molecule has 0 bridgehead atoms. The summed E-state index contributed by atoms with van der Waals surface area (Å²) in [5.74, 6) is 0. The number of hydrogen-bond donors (Lipinski definition) is 0. The van der Waals surface area contributed by atoms with Gasteiger partial charge in [-0.2, -0.15) is 0 Å². The van der Waals surface area contributed by atoms with Crippen LogP contribution in [-0.2, 0) is 4.79 Å². The van der Waals surface area contributed by atoms with E-state index in [9.17, 15) is 9.59 Å². The molecule has 1 fully saturated rings. The van der Waals surface area contributed by atoms with Crippen molar-refractivity contribution in [3.63, 3.8) is 0 Å². The van der Waals surface area contributed by atoms with E-state index in [0.717, 1.165) is 0 Å². The molecule has 1 aliphatic heterocycles. The summed E-state index contributed by atoms with van der Waals surface area (Å²) < 4.78 is 0. The molecule has 82 valence electrons. The Balaban J connectivity index is 0.00000169. The van der Waals surface area contributed by atoms with Crippen molar-refractivity contribution in [2.75, 3.05) is 26.7 Å². The highest BCUT2D eigenvalue weighted by atomic mass is 35.5. The number of carbonyl (C=O) groups is 2. The molecule has 1 saturated heterocycles. The highest BCUT2D eigenvalue weighted by Gasteiger charge is 2.32. The minimum absolute atomic E-state index is 0. The van der Waals surface area contributed by atoms with Crippen LogP contribution in [0.4, 0.5) is 4.79 Å². The molecule has 0 aromatic carbocycles. The van der Waals surface area contributed by atoms with E-state index in [4.69, 9.17) is 23.2 Å². The largest absolute Gasteiger partial charge is 0.317 e. The summed E-state index contributed by atoms with van der Waals surface area (Å²) in [5, 5.41) is -1.16. The molecule has 1 amide bonds. The van der Waals surface area contributed by atoms with Gasteiger partial charge in [0.2, 0.25) is 5.24 Å². The number of hydrogen-bond acceptors (Lipinski definition) is 3. The number of carbonyl (C=O) groups excluding carboxylic acids is 2. The zero-order chi connectivity index (χ0) is 10.0. The van der Waals surface area contributed by atoms with Crippen molar-refractivity contribution < 1.29 is 9.59 Å². The summed E-state index contributed by atoms with van der Waals surface area (Å²) >= 11 is 10.6. The van der Waals surface area contributed by atoms with E-state index in [0.29, 0.717) is 19.6 Å². The maximum Gasteiger partial charge on any atom is 0.317 e. The molecule has 1 aliphatic rings. The Labute approximate surface area is 98.5 Å². The molecule has 4 nitrogen and oxygen atoms in total. The third-order valence-electron chi connectivity index (χ3n) is 2.07. The Morgan fingerprint density at radius 3 is 2.29 bits per heavy atom. The van der Waals surface area contributed by atoms with Crippen LogP contribution in [-0.4, -0.2) is 53.1 Å². The molecule has 7 heteroatoms. The molecule has 0 spiro atoms. The van der Waals surface area contributed by atoms with Gasteiger partial charge in [-0.25, -0.2) is 0 Å². The van der Waals surface area contributed by atoms with Crippen molar-refractivity contribution >= 4 is 46.2 Å². The molecule has 0 N–H and O–H groups in total. The van der Waals surface area contributed by atoms with E-state index in [1.807, 2.05) is 11.9 Å². The molecule has 1 atom stereocenters. The maximum absolute atomic E-state index is 10.9. The van der Waals surface area contributed by atoms with Crippen molar-refractivity contribution in [2.45, 2.75) is 6.04 Å². The van der Waals surface area contributed by atoms with Crippen molar-refractivity contribution in [1.82, 2.24) is 9.80 Å². The predicted molar refractivity (Wildman–Crippen MR) is 57.3 cm³/mol. The topological polar surface area (TPSA) is 40.6 Å². The second-order valence-corrected chi connectivity index (χ2v) is 3.72. The maximum atomic E-state index is 10.9. The van der Waals surface area contributed by atoms with Gasteiger partial charge in [0.25, 0.3) is 0 Å². The molecule has 1 unspecified atom stereocenters. The first-order chi connectivity index (χ1) is 6.02. The van der Waals surface area contributed by atoms with Gasteiger partial charge >= 0.3 is 5.37 Å². The number of likely N-dealkylation sites (N-methyl/N-ethyl adjacent to an activating group) is 1. The third-order valence-corrected chi connectivity index (χ3v) is 2.54. The van der Waals surface area contributed by atoms with Crippen molar-refractivity contribution in [2.24, 2.45) is 0 Å². The molecule has 0 aromatic heterocycles. The Kier molecular flexibility index (Phi) is 5.74. The molecule has 14 heavy (non-hydrogen) atoms. The summed E-state index contributed by atoms with van der Waals surface area (Å²) in [4.78, 5) is 25.0. The fraction of sp³-hybridized carbons (Fsp3) is 0.714. The normalized spacial score (nSPS) is 22.8. The first kappa shape index (κ1) is 14.0. The van der Waals surface area contributed by atoms with E-state index >= 15 is 0 Å². The zero-order valence-electron chi connectivity index (χ0n) is 7.57. The van der Waals surface area contributed by atoms with Gasteiger partial charge in [0.15, 0.2) is 0 Å². The highest BCUT2D eigenvalue weighted by Crippen LogP contribution is 2.13. The zero-order valence-corrected chi connectivity index (χ0v) is 9.90. The van der Waals surface area contributed by atoms with Crippen LogP contribution < -0.4 is 0 Å². The van der Waals surface area contributed by atoms with Gasteiger partial charge in [-0.1, -0.05) is 0 Å². The number of rotatable bonds is 1. The van der Waals surface area contributed by atoms with Crippen LogP contribution >= 0.6 is 35.6 Å². The smallest absolute Gasteiger partial charge is 0.315 e. The van der Waals surface area contributed by atoms with Crippen LogP contribution in [0.3, 0.4) is 0 Å². The Bertz CT molecular complexity index is 237. The van der Waals surface area contributed by atoms with Gasteiger partial charge in [-0.3, -0.25) is 9.59 Å². The minimum Gasteiger partial charge on any atom is -0.315 e. The van der Waals surface area contributed by atoms with Crippen molar-refractivity contribution in [3.8, 4) is 0 Å². The van der Waals surface area contributed by atoms with Crippen LogP contribution in [0.5, 0.6) is 0 Å². The van der Waals surface area contributed by atoms with Crippen LogP contribution in [0.2, 0.25) is 0 Å². The van der Waals surface area contributed by atoms with E-state index < -0.39 is 16.7 Å². The molecule has 1 heterocycles. The lowest BCUT2D eigenvalue weighted by atomic mass is 10.2. The van der Waals surface area contributed by atoms with Crippen molar-refractivity contribution in [1.29, 1.82) is 0 Å². The molecule has 1 rings (SSSR count). The Morgan fingerprint density at radius 2 is 1.86 bits per heavy atom. The van der Waals surface area contributed by atoms with E-state index in [2.05, 4.69) is 0 Å². The first-order valence-electron chi connectivity index (χ1n) is 3.86. The minimum atomic E-state index is -0.618. The lowest BCUT2D eigenvalue weighted by molar-refractivity contribution is -0.117. The van der Waals surface area contributed by atoms with Gasteiger partial charge in [-0.05, 0) is 30.2 Å². The fourth-order valence-electron chi connectivity index (χ4n) is 1.32. The van der Waals surface area contributed by atoms with Crippen LogP contribution in [0.15, 0.2) is 0 Å². The molecule has 0 aromatic rings. The molecule has 0 radical (unpaired) electrons.